The van der Waals surface area contributed by atoms with E-state index >= 15 is 0 Å². The predicted molar refractivity (Wildman–Crippen MR) is 56.7 cm³/mol. The fraction of sp³-hybridized carbons (Fsp3) is 0.200. The van der Waals surface area contributed by atoms with Crippen molar-refractivity contribution in [2.75, 3.05) is 0 Å². The highest BCUT2D eigenvalue weighted by Crippen LogP contribution is 2.28. The number of hydrogen-bond acceptors (Lipinski definition) is 2. The monoisotopic (exact) mass is 211 g/mol. The summed E-state index contributed by atoms with van der Waals surface area (Å²) in [7, 11) is 0. The van der Waals surface area contributed by atoms with Gasteiger partial charge in [-0.1, -0.05) is 30.7 Å². The molecule has 0 radical (unpaired) electrons. The number of nitro benzene ring substituents is 1. The smallest absolute Gasteiger partial charge is 0.258 e. The highest BCUT2D eigenvalue weighted by atomic mass is 35.5. The van der Waals surface area contributed by atoms with E-state index in [1.807, 2.05) is 6.92 Å². The highest BCUT2D eigenvalue weighted by Gasteiger charge is 2.13. The maximum Gasteiger partial charge on any atom is 0.287 e. The first-order valence-corrected chi connectivity index (χ1v) is 4.50. The van der Waals surface area contributed by atoms with Crippen molar-refractivity contribution < 1.29 is 4.92 Å². The molecule has 0 heterocycles. The van der Waals surface area contributed by atoms with E-state index in [1.165, 1.54) is 6.07 Å². The second-order valence-corrected chi connectivity index (χ2v) is 3.40. The maximum atomic E-state index is 10.5. The molecular formula is C10H10ClNO2. The van der Waals surface area contributed by atoms with E-state index in [2.05, 4.69) is 6.58 Å². The van der Waals surface area contributed by atoms with Crippen LogP contribution in [0.4, 0.5) is 5.69 Å². The molecule has 74 valence electrons. The summed E-state index contributed by atoms with van der Waals surface area (Å²) in [5, 5.41) is 10.6. The van der Waals surface area contributed by atoms with Crippen molar-refractivity contribution in [3.63, 3.8) is 0 Å². The molecule has 0 spiro atoms. The Morgan fingerprint density at radius 1 is 1.64 bits per heavy atom. The van der Waals surface area contributed by atoms with E-state index in [9.17, 15) is 10.1 Å². The van der Waals surface area contributed by atoms with Crippen LogP contribution in [0.1, 0.15) is 18.4 Å². The summed E-state index contributed by atoms with van der Waals surface area (Å²) >= 11 is 5.75. The molecule has 0 amide bonds. The van der Waals surface area contributed by atoms with Crippen LogP contribution < -0.4 is 0 Å². The van der Waals surface area contributed by atoms with Crippen molar-refractivity contribution in [3.05, 3.63) is 51.6 Å². The van der Waals surface area contributed by atoms with Gasteiger partial charge in [0.05, 0.1) is 4.92 Å². The predicted octanol–water partition coefficient (Wildman–Crippen LogP) is 3.54. The highest BCUT2D eigenvalue weighted by molar-refractivity contribution is 6.32. The third-order valence-corrected chi connectivity index (χ3v) is 2.35. The van der Waals surface area contributed by atoms with Crippen LogP contribution in [0, 0.1) is 10.1 Å². The zero-order valence-electron chi connectivity index (χ0n) is 7.74. The third kappa shape index (κ3) is 2.12. The average Bonchev–Trinajstić information content (AvgIpc) is 2.15. The minimum Gasteiger partial charge on any atom is -0.258 e. The third-order valence-electron chi connectivity index (χ3n) is 2.05. The molecule has 0 N–H and O–H groups in total. The van der Waals surface area contributed by atoms with Crippen molar-refractivity contribution in [1.29, 1.82) is 0 Å². The zero-order chi connectivity index (χ0) is 10.7. The molecular weight excluding hydrogens is 202 g/mol. The summed E-state index contributed by atoms with van der Waals surface area (Å²) in [5.41, 5.74) is 0.863. The largest absolute Gasteiger partial charge is 0.287 e. The fourth-order valence-electron chi connectivity index (χ4n) is 1.09. The van der Waals surface area contributed by atoms with Gasteiger partial charge in [-0.2, -0.15) is 0 Å². The van der Waals surface area contributed by atoms with Gasteiger partial charge in [-0.3, -0.25) is 10.1 Å². The Hall–Kier alpha value is -1.35. The maximum absolute atomic E-state index is 10.5. The number of benzene rings is 1. The van der Waals surface area contributed by atoms with Gasteiger partial charge in [-0.25, -0.2) is 0 Å². The summed E-state index contributed by atoms with van der Waals surface area (Å²) in [6.45, 7) is 5.60. The first-order valence-electron chi connectivity index (χ1n) is 4.12. The lowest BCUT2D eigenvalue weighted by Crippen LogP contribution is -1.92. The minimum atomic E-state index is -0.495. The second-order valence-electron chi connectivity index (χ2n) is 2.99. The van der Waals surface area contributed by atoms with Gasteiger partial charge in [0.1, 0.15) is 5.02 Å². The first kappa shape index (κ1) is 10.7. The molecule has 4 heteroatoms. The topological polar surface area (TPSA) is 43.1 Å². The lowest BCUT2D eigenvalue weighted by Gasteiger charge is -2.06. The molecule has 1 unspecified atom stereocenters. The number of hydrogen-bond donors (Lipinski definition) is 0. The van der Waals surface area contributed by atoms with Crippen molar-refractivity contribution in [2.45, 2.75) is 12.8 Å². The summed E-state index contributed by atoms with van der Waals surface area (Å²) in [5.74, 6) is 0.147. The Morgan fingerprint density at radius 3 is 2.71 bits per heavy atom. The van der Waals surface area contributed by atoms with Crippen molar-refractivity contribution in [3.8, 4) is 0 Å². The van der Waals surface area contributed by atoms with Gasteiger partial charge in [0, 0.05) is 6.07 Å². The van der Waals surface area contributed by atoms with Crippen LogP contribution in [0.5, 0.6) is 0 Å². The van der Waals surface area contributed by atoms with E-state index < -0.39 is 4.92 Å². The average molecular weight is 212 g/mol. The van der Waals surface area contributed by atoms with Crippen molar-refractivity contribution in [1.82, 2.24) is 0 Å². The molecule has 1 rings (SSSR count). The molecule has 1 aromatic rings. The summed E-state index contributed by atoms with van der Waals surface area (Å²) < 4.78 is 0. The minimum absolute atomic E-state index is 0.0633. The van der Waals surface area contributed by atoms with E-state index in [-0.39, 0.29) is 16.6 Å². The Kier molecular flexibility index (Phi) is 3.25. The van der Waals surface area contributed by atoms with E-state index in [1.54, 1.807) is 18.2 Å². The van der Waals surface area contributed by atoms with Crippen LogP contribution in [0.15, 0.2) is 30.9 Å². The zero-order valence-corrected chi connectivity index (χ0v) is 8.49. The number of nitrogens with zero attached hydrogens (tertiary/aromatic N) is 1. The molecule has 0 aliphatic rings. The summed E-state index contributed by atoms with van der Waals surface area (Å²) in [6, 6.07) is 4.71. The summed E-state index contributed by atoms with van der Waals surface area (Å²) in [4.78, 5) is 9.98. The lowest BCUT2D eigenvalue weighted by molar-refractivity contribution is -0.384. The van der Waals surface area contributed by atoms with Crippen molar-refractivity contribution in [2.24, 2.45) is 0 Å². The number of allylic oxidation sites excluding steroid dienone is 1. The molecule has 1 atom stereocenters. The van der Waals surface area contributed by atoms with E-state index in [0.717, 1.165) is 5.56 Å². The van der Waals surface area contributed by atoms with Gasteiger partial charge >= 0.3 is 0 Å². The van der Waals surface area contributed by atoms with E-state index in [0.29, 0.717) is 0 Å². The molecule has 0 aliphatic heterocycles. The number of halogens is 1. The van der Waals surface area contributed by atoms with Crippen LogP contribution in [0.3, 0.4) is 0 Å². The quantitative estimate of drug-likeness (QED) is 0.436. The Labute approximate surface area is 87.2 Å². The Bertz CT molecular complexity index is 376. The van der Waals surface area contributed by atoms with Crippen LogP contribution in [0.2, 0.25) is 5.02 Å². The van der Waals surface area contributed by atoms with E-state index in [4.69, 9.17) is 11.6 Å². The first-order chi connectivity index (χ1) is 6.56. The van der Waals surface area contributed by atoms with Gasteiger partial charge in [0.25, 0.3) is 5.69 Å². The molecule has 0 fully saturated rings. The Morgan fingerprint density at radius 2 is 2.29 bits per heavy atom. The second kappa shape index (κ2) is 4.24. The van der Waals surface area contributed by atoms with Gasteiger partial charge in [-0.15, -0.1) is 6.58 Å². The number of nitro groups is 1. The SMILES string of the molecule is C=CC(C)c1ccc([N+](=O)[O-])c(Cl)c1. The van der Waals surface area contributed by atoms with Crippen molar-refractivity contribution >= 4 is 17.3 Å². The molecule has 0 saturated carbocycles. The normalized spacial score (nSPS) is 12.1. The molecule has 0 aliphatic carbocycles. The van der Waals surface area contributed by atoms with Crippen LogP contribution in [0.25, 0.3) is 0 Å². The molecule has 14 heavy (non-hydrogen) atoms. The number of rotatable bonds is 3. The molecule has 0 aromatic heterocycles. The summed E-state index contributed by atoms with van der Waals surface area (Å²) in [6.07, 6.45) is 1.76. The lowest BCUT2D eigenvalue weighted by atomic mass is 10.0. The van der Waals surface area contributed by atoms with Gasteiger partial charge in [-0.05, 0) is 17.5 Å². The Balaban J connectivity index is 3.12. The standard InChI is InChI=1S/C10H10ClNO2/c1-3-7(2)8-4-5-10(12(13)14)9(11)6-8/h3-7H,1H2,2H3. The van der Waals surface area contributed by atoms with Gasteiger partial charge in [0.15, 0.2) is 0 Å². The van der Waals surface area contributed by atoms with Crippen LogP contribution in [-0.4, -0.2) is 4.92 Å². The molecule has 1 aromatic carbocycles. The van der Waals surface area contributed by atoms with Crippen LogP contribution in [-0.2, 0) is 0 Å². The van der Waals surface area contributed by atoms with Gasteiger partial charge in [0.2, 0.25) is 0 Å². The molecule has 0 saturated heterocycles. The van der Waals surface area contributed by atoms with Crippen LogP contribution >= 0.6 is 11.6 Å². The molecule has 3 nitrogen and oxygen atoms in total. The fourth-order valence-corrected chi connectivity index (χ4v) is 1.35. The van der Waals surface area contributed by atoms with Gasteiger partial charge < -0.3 is 0 Å². The molecule has 0 bridgehead atoms.